The third-order valence-corrected chi connectivity index (χ3v) is 5.02. The Morgan fingerprint density at radius 3 is 2.26 bits per heavy atom. The van der Waals surface area contributed by atoms with E-state index < -0.39 is 10.0 Å². The van der Waals surface area contributed by atoms with Gasteiger partial charge in [-0.15, -0.1) is 0 Å². The van der Waals surface area contributed by atoms with Crippen molar-refractivity contribution < 1.29 is 17.9 Å². The van der Waals surface area contributed by atoms with Gasteiger partial charge in [0.1, 0.15) is 5.75 Å². The summed E-state index contributed by atoms with van der Waals surface area (Å²) >= 11 is 0. The number of sulfonamides is 1. The molecular formula is C20H26N2O4S. The Kier molecular flexibility index (Phi) is 7.82. The SMILES string of the molecule is CCCCCCOc1ccc(C(=O)NCc2ccc(S(N)(=O)=O)cc2)cc1. The number of nitrogens with one attached hydrogen (secondary N) is 1. The molecule has 3 N–H and O–H groups in total. The van der Waals surface area contributed by atoms with Crippen LogP contribution in [0.4, 0.5) is 0 Å². The van der Waals surface area contributed by atoms with Crippen LogP contribution in [0.2, 0.25) is 0 Å². The molecule has 27 heavy (non-hydrogen) atoms. The normalized spacial score (nSPS) is 11.2. The number of amides is 1. The van der Waals surface area contributed by atoms with Crippen LogP contribution in [-0.2, 0) is 16.6 Å². The lowest BCUT2D eigenvalue weighted by Crippen LogP contribution is -2.22. The van der Waals surface area contributed by atoms with Crippen molar-refractivity contribution in [2.45, 2.75) is 44.0 Å². The van der Waals surface area contributed by atoms with Crippen LogP contribution in [0.1, 0.15) is 48.5 Å². The third-order valence-electron chi connectivity index (χ3n) is 4.09. The first kappa shape index (κ1) is 20.9. The molecule has 2 aromatic carbocycles. The molecule has 0 aliphatic heterocycles. The molecule has 0 aliphatic rings. The van der Waals surface area contributed by atoms with Crippen molar-refractivity contribution in [1.29, 1.82) is 0 Å². The maximum absolute atomic E-state index is 12.2. The van der Waals surface area contributed by atoms with Gasteiger partial charge in [0.15, 0.2) is 0 Å². The highest BCUT2D eigenvalue weighted by atomic mass is 32.2. The van der Waals surface area contributed by atoms with E-state index >= 15 is 0 Å². The molecule has 0 atom stereocenters. The molecule has 0 radical (unpaired) electrons. The van der Waals surface area contributed by atoms with Crippen LogP contribution in [0.25, 0.3) is 0 Å². The number of nitrogens with two attached hydrogens (primary N) is 1. The van der Waals surface area contributed by atoms with Crippen LogP contribution in [0.5, 0.6) is 5.75 Å². The minimum Gasteiger partial charge on any atom is -0.494 e. The number of rotatable bonds is 10. The summed E-state index contributed by atoms with van der Waals surface area (Å²) in [6.45, 7) is 3.14. The Labute approximate surface area is 160 Å². The van der Waals surface area contributed by atoms with E-state index in [1.54, 1.807) is 36.4 Å². The highest BCUT2D eigenvalue weighted by Gasteiger charge is 2.08. The largest absolute Gasteiger partial charge is 0.494 e. The van der Waals surface area contributed by atoms with Crippen LogP contribution < -0.4 is 15.2 Å². The average Bonchev–Trinajstić information content (AvgIpc) is 2.66. The second-order valence-corrected chi connectivity index (χ2v) is 7.87. The quantitative estimate of drug-likeness (QED) is 0.609. The van der Waals surface area contributed by atoms with Crippen LogP contribution in [-0.4, -0.2) is 20.9 Å². The number of ether oxygens (including phenoxy) is 1. The molecule has 0 heterocycles. The van der Waals surface area contributed by atoms with E-state index in [4.69, 9.17) is 9.88 Å². The standard InChI is InChI=1S/C20H26N2O4S/c1-2-3-4-5-14-26-18-10-8-17(9-11-18)20(23)22-15-16-6-12-19(13-7-16)27(21,24)25/h6-13H,2-5,14-15H2,1H3,(H,22,23)(H2,21,24,25). The van der Waals surface area contributed by atoms with Gasteiger partial charge in [-0.05, 0) is 48.4 Å². The fourth-order valence-electron chi connectivity index (χ4n) is 2.50. The van der Waals surface area contributed by atoms with Gasteiger partial charge in [0, 0.05) is 12.1 Å². The first-order valence-electron chi connectivity index (χ1n) is 9.03. The second-order valence-electron chi connectivity index (χ2n) is 6.31. The maximum atomic E-state index is 12.2. The van der Waals surface area contributed by atoms with Crippen molar-refractivity contribution in [2.24, 2.45) is 5.14 Å². The monoisotopic (exact) mass is 390 g/mol. The summed E-state index contributed by atoms with van der Waals surface area (Å²) in [7, 11) is -3.71. The summed E-state index contributed by atoms with van der Waals surface area (Å²) in [4.78, 5) is 12.3. The minimum absolute atomic E-state index is 0.0443. The molecule has 0 aromatic heterocycles. The number of hydrogen-bond donors (Lipinski definition) is 2. The van der Waals surface area contributed by atoms with Crippen LogP contribution in [0, 0.1) is 0 Å². The molecule has 0 unspecified atom stereocenters. The Hall–Kier alpha value is -2.38. The zero-order valence-electron chi connectivity index (χ0n) is 15.5. The van der Waals surface area contributed by atoms with Gasteiger partial charge in [-0.2, -0.15) is 0 Å². The van der Waals surface area contributed by atoms with E-state index in [0.29, 0.717) is 18.7 Å². The van der Waals surface area contributed by atoms with Crippen molar-refractivity contribution in [3.05, 3.63) is 59.7 Å². The Bertz CT molecular complexity index is 831. The van der Waals surface area contributed by atoms with Crippen molar-refractivity contribution in [2.75, 3.05) is 6.61 Å². The fourth-order valence-corrected chi connectivity index (χ4v) is 3.02. The Morgan fingerprint density at radius 1 is 1.00 bits per heavy atom. The molecule has 0 saturated carbocycles. The number of hydrogen-bond acceptors (Lipinski definition) is 4. The molecule has 6 nitrogen and oxygen atoms in total. The maximum Gasteiger partial charge on any atom is 0.251 e. The zero-order chi connectivity index (χ0) is 19.7. The van der Waals surface area contributed by atoms with E-state index in [1.165, 1.54) is 25.0 Å². The first-order chi connectivity index (χ1) is 12.9. The Morgan fingerprint density at radius 2 is 1.67 bits per heavy atom. The third kappa shape index (κ3) is 7.03. The van der Waals surface area contributed by atoms with Gasteiger partial charge >= 0.3 is 0 Å². The number of benzene rings is 2. The van der Waals surface area contributed by atoms with Crippen LogP contribution in [0.15, 0.2) is 53.4 Å². The molecule has 0 aliphatic carbocycles. The lowest BCUT2D eigenvalue weighted by atomic mass is 10.2. The van der Waals surface area contributed by atoms with Gasteiger partial charge in [0.05, 0.1) is 11.5 Å². The van der Waals surface area contributed by atoms with Crippen molar-refractivity contribution in [3.8, 4) is 5.75 Å². The zero-order valence-corrected chi connectivity index (χ0v) is 16.3. The van der Waals surface area contributed by atoms with E-state index in [2.05, 4.69) is 12.2 Å². The molecule has 0 bridgehead atoms. The molecule has 0 spiro atoms. The molecule has 2 rings (SSSR count). The summed E-state index contributed by atoms with van der Waals surface area (Å²) in [6, 6.07) is 13.1. The Balaban J connectivity index is 1.82. The van der Waals surface area contributed by atoms with Crippen molar-refractivity contribution in [3.63, 3.8) is 0 Å². The highest BCUT2D eigenvalue weighted by molar-refractivity contribution is 7.89. The minimum atomic E-state index is -3.71. The predicted molar refractivity (Wildman–Crippen MR) is 105 cm³/mol. The summed E-state index contributed by atoms with van der Waals surface area (Å²) in [5, 5.41) is 7.86. The molecule has 2 aromatic rings. The number of carbonyl (C=O) groups excluding carboxylic acids is 1. The van der Waals surface area contributed by atoms with E-state index in [9.17, 15) is 13.2 Å². The molecule has 1 amide bonds. The molecule has 146 valence electrons. The van der Waals surface area contributed by atoms with Crippen molar-refractivity contribution in [1.82, 2.24) is 5.32 Å². The van der Waals surface area contributed by atoms with Gasteiger partial charge in [0.25, 0.3) is 5.91 Å². The van der Waals surface area contributed by atoms with E-state index in [0.717, 1.165) is 24.2 Å². The molecular weight excluding hydrogens is 364 g/mol. The van der Waals surface area contributed by atoms with Gasteiger partial charge < -0.3 is 10.1 Å². The lowest BCUT2D eigenvalue weighted by Gasteiger charge is -2.08. The lowest BCUT2D eigenvalue weighted by molar-refractivity contribution is 0.0951. The van der Waals surface area contributed by atoms with Crippen molar-refractivity contribution >= 4 is 15.9 Å². The molecule has 0 fully saturated rings. The second kappa shape index (κ2) is 10.1. The summed E-state index contributed by atoms with van der Waals surface area (Å²) < 4.78 is 28.1. The summed E-state index contributed by atoms with van der Waals surface area (Å²) in [5.41, 5.74) is 1.32. The topological polar surface area (TPSA) is 98.5 Å². The first-order valence-corrected chi connectivity index (χ1v) is 10.6. The number of primary sulfonamides is 1. The number of carbonyl (C=O) groups is 1. The smallest absolute Gasteiger partial charge is 0.251 e. The fraction of sp³-hybridized carbons (Fsp3) is 0.350. The van der Waals surface area contributed by atoms with Crippen LogP contribution in [0.3, 0.4) is 0 Å². The van der Waals surface area contributed by atoms with Gasteiger partial charge in [-0.25, -0.2) is 13.6 Å². The van der Waals surface area contributed by atoms with Gasteiger partial charge in [0.2, 0.25) is 10.0 Å². The highest BCUT2D eigenvalue weighted by Crippen LogP contribution is 2.14. The molecule has 7 heteroatoms. The summed E-state index contributed by atoms with van der Waals surface area (Å²) in [5.74, 6) is 0.543. The summed E-state index contributed by atoms with van der Waals surface area (Å²) in [6.07, 6.45) is 4.60. The number of unbranched alkanes of at least 4 members (excludes halogenated alkanes) is 3. The van der Waals surface area contributed by atoms with E-state index in [-0.39, 0.29) is 10.8 Å². The van der Waals surface area contributed by atoms with Gasteiger partial charge in [-0.3, -0.25) is 4.79 Å². The predicted octanol–water partition coefficient (Wildman–Crippen LogP) is 3.22. The van der Waals surface area contributed by atoms with Gasteiger partial charge in [-0.1, -0.05) is 38.3 Å². The molecule has 0 saturated heterocycles. The average molecular weight is 391 g/mol. The van der Waals surface area contributed by atoms with E-state index in [1.807, 2.05) is 0 Å². The van der Waals surface area contributed by atoms with Crippen LogP contribution >= 0.6 is 0 Å².